The Labute approximate surface area is 172 Å². The minimum atomic E-state index is -0.521. The molecule has 1 aromatic heterocycles. The molecule has 0 saturated heterocycles. The van der Waals surface area contributed by atoms with Gasteiger partial charge < -0.3 is 14.6 Å². The lowest BCUT2D eigenvalue weighted by Crippen LogP contribution is -2.41. The molecule has 2 aromatic carbocycles. The van der Waals surface area contributed by atoms with E-state index in [2.05, 4.69) is 0 Å². The van der Waals surface area contributed by atoms with E-state index in [9.17, 15) is 20.0 Å². The van der Waals surface area contributed by atoms with Crippen molar-refractivity contribution in [3.63, 3.8) is 0 Å². The maximum absolute atomic E-state index is 13.0. The molecule has 0 fully saturated rings. The largest absolute Gasteiger partial charge is 0.508 e. The Hall–Kier alpha value is -3.99. The van der Waals surface area contributed by atoms with E-state index in [1.165, 1.54) is 37.0 Å². The number of nitrogens with zero attached hydrogens (tertiary/aromatic N) is 3. The summed E-state index contributed by atoms with van der Waals surface area (Å²) in [5.41, 5.74) is 0.950. The van der Waals surface area contributed by atoms with Gasteiger partial charge in [0.05, 0.1) is 38.1 Å². The standard InChI is InChI=1S/C22H21N3O5/c1-13-20(17-7-6-16(26)10-15(17)11-23)24(2)22(28)25(21(13)27)12-14-5-8-18(29-3)19(9-14)30-4/h5-10,26H,12H2,1-4H3. The molecule has 1 N–H and O–H groups in total. The van der Waals surface area contributed by atoms with Crippen LogP contribution in [0.25, 0.3) is 11.3 Å². The second-order valence-electron chi connectivity index (χ2n) is 6.74. The van der Waals surface area contributed by atoms with E-state index in [1.807, 2.05) is 6.07 Å². The molecule has 154 valence electrons. The number of hydrogen-bond acceptors (Lipinski definition) is 6. The Bertz CT molecular complexity index is 1240. The fourth-order valence-electron chi connectivity index (χ4n) is 3.43. The van der Waals surface area contributed by atoms with Gasteiger partial charge in [0.2, 0.25) is 0 Å². The number of hydrogen-bond donors (Lipinski definition) is 1. The maximum Gasteiger partial charge on any atom is 0.331 e. The van der Waals surface area contributed by atoms with Crippen LogP contribution in [-0.2, 0) is 13.6 Å². The number of aromatic nitrogens is 2. The van der Waals surface area contributed by atoms with Crippen LogP contribution in [0, 0.1) is 18.3 Å². The lowest BCUT2D eigenvalue weighted by Gasteiger charge is -2.16. The Morgan fingerprint density at radius 2 is 1.77 bits per heavy atom. The summed E-state index contributed by atoms with van der Waals surface area (Å²) in [7, 11) is 4.58. The van der Waals surface area contributed by atoms with Gasteiger partial charge in [0.25, 0.3) is 5.56 Å². The average Bonchev–Trinajstić information content (AvgIpc) is 2.76. The van der Waals surface area contributed by atoms with Crippen LogP contribution in [0.4, 0.5) is 0 Å². The van der Waals surface area contributed by atoms with E-state index >= 15 is 0 Å². The maximum atomic E-state index is 13.0. The molecule has 0 amide bonds. The normalized spacial score (nSPS) is 10.5. The fraction of sp³-hybridized carbons (Fsp3) is 0.227. The number of phenols is 1. The first-order chi connectivity index (χ1) is 14.3. The van der Waals surface area contributed by atoms with Crippen LogP contribution < -0.4 is 20.7 Å². The highest BCUT2D eigenvalue weighted by Gasteiger charge is 2.19. The third kappa shape index (κ3) is 3.53. The smallest absolute Gasteiger partial charge is 0.331 e. The van der Waals surface area contributed by atoms with Crippen LogP contribution in [0.3, 0.4) is 0 Å². The van der Waals surface area contributed by atoms with Gasteiger partial charge in [0, 0.05) is 18.2 Å². The monoisotopic (exact) mass is 407 g/mol. The molecule has 3 aromatic rings. The van der Waals surface area contributed by atoms with Crippen molar-refractivity contribution in [2.45, 2.75) is 13.5 Å². The van der Waals surface area contributed by atoms with Gasteiger partial charge in [-0.3, -0.25) is 13.9 Å². The first-order valence-electron chi connectivity index (χ1n) is 9.07. The molecule has 30 heavy (non-hydrogen) atoms. The fourth-order valence-corrected chi connectivity index (χ4v) is 3.43. The molecule has 0 unspecified atom stereocenters. The van der Waals surface area contributed by atoms with Crippen molar-refractivity contribution in [3.05, 3.63) is 73.9 Å². The van der Waals surface area contributed by atoms with Crippen molar-refractivity contribution in [3.8, 4) is 34.6 Å². The van der Waals surface area contributed by atoms with Crippen molar-refractivity contribution >= 4 is 0 Å². The van der Waals surface area contributed by atoms with Gasteiger partial charge in [-0.1, -0.05) is 6.07 Å². The van der Waals surface area contributed by atoms with Crippen molar-refractivity contribution < 1.29 is 14.6 Å². The molecule has 0 aliphatic carbocycles. The van der Waals surface area contributed by atoms with E-state index in [0.717, 1.165) is 4.57 Å². The molecular formula is C22H21N3O5. The minimum absolute atomic E-state index is 0.0493. The van der Waals surface area contributed by atoms with Crippen LogP contribution in [-0.4, -0.2) is 28.5 Å². The lowest BCUT2D eigenvalue weighted by atomic mass is 10.0. The van der Waals surface area contributed by atoms with Crippen LogP contribution in [0.15, 0.2) is 46.0 Å². The minimum Gasteiger partial charge on any atom is -0.508 e. The molecule has 0 saturated carbocycles. The van der Waals surface area contributed by atoms with Gasteiger partial charge >= 0.3 is 5.69 Å². The molecule has 8 heteroatoms. The number of nitriles is 1. The lowest BCUT2D eigenvalue weighted by molar-refractivity contribution is 0.354. The summed E-state index contributed by atoms with van der Waals surface area (Å²) in [4.78, 5) is 26.1. The molecular weight excluding hydrogens is 386 g/mol. The molecule has 3 rings (SSSR count). The van der Waals surface area contributed by atoms with Gasteiger partial charge in [-0.05, 0) is 42.8 Å². The molecule has 8 nitrogen and oxygen atoms in total. The number of rotatable bonds is 5. The third-order valence-electron chi connectivity index (χ3n) is 4.94. The average molecular weight is 407 g/mol. The van der Waals surface area contributed by atoms with Crippen molar-refractivity contribution in [1.29, 1.82) is 5.26 Å². The quantitative estimate of drug-likeness (QED) is 0.695. The van der Waals surface area contributed by atoms with E-state index in [1.54, 1.807) is 32.2 Å². The second-order valence-corrected chi connectivity index (χ2v) is 6.74. The second kappa shape index (κ2) is 8.17. The predicted molar refractivity (Wildman–Crippen MR) is 111 cm³/mol. The topological polar surface area (TPSA) is 106 Å². The van der Waals surface area contributed by atoms with E-state index in [4.69, 9.17) is 9.47 Å². The van der Waals surface area contributed by atoms with Crippen molar-refractivity contribution in [2.24, 2.45) is 7.05 Å². The Kier molecular flexibility index (Phi) is 5.65. The summed E-state index contributed by atoms with van der Waals surface area (Å²) in [5, 5.41) is 19.1. The Morgan fingerprint density at radius 1 is 1.07 bits per heavy atom. The first kappa shape index (κ1) is 20.7. The summed E-state index contributed by atoms with van der Waals surface area (Å²) in [5.74, 6) is 0.972. The summed E-state index contributed by atoms with van der Waals surface area (Å²) in [6.45, 7) is 1.66. The van der Waals surface area contributed by atoms with Crippen LogP contribution in [0.1, 0.15) is 16.7 Å². The number of benzene rings is 2. The van der Waals surface area contributed by atoms with Crippen LogP contribution in [0.5, 0.6) is 17.2 Å². The van der Waals surface area contributed by atoms with Crippen molar-refractivity contribution in [2.75, 3.05) is 14.2 Å². The van der Waals surface area contributed by atoms with Gasteiger partial charge in [0.1, 0.15) is 5.75 Å². The highest BCUT2D eigenvalue weighted by Crippen LogP contribution is 2.28. The highest BCUT2D eigenvalue weighted by molar-refractivity contribution is 5.71. The van der Waals surface area contributed by atoms with Gasteiger partial charge in [-0.2, -0.15) is 5.26 Å². The summed E-state index contributed by atoms with van der Waals surface area (Å²) in [6, 6.07) is 11.4. The molecule has 0 atom stereocenters. The molecule has 0 aliphatic heterocycles. The summed E-state index contributed by atoms with van der Waals surface area (Å²) >= 11 is 0. The van der Waals surface area contributed by atoms with E-state index in [-0.39, 0.29) is 17.9 Å². The highest BCUT2D eigenvalue weighted by atomic mass is 16.5. The van der Waals surface area contributed by atoms with Gasteiger partial charge in [-0.25, -0.2) is 4.79 Å². The van der Waals surface area contributed by atoms with Gasteiger partial charge in [-0.15, -0.1) is 0 Å². The molecule has 0 bridgehead atoms. The molecule has 0 aliphatic rings. The zero-order valence-electron chi connectivity index (χ0n) is 17.1. The molecule has 1 heterocycles. The molecule has 0 spiro atoms. The van der Waals surface area contributed by atoms with Gasteiger partial charge in [0.15, 0.2) is 11.5 Å². The van der Waals surface area contributed by atoms with E-state index in [0.29, 0.717) is 33.9 Å². The zero-order valence-corrected chi connectivity index (χ0v) is 17.1. The molecule has 0 radical (unpaired) electrons. The number of aromatic hydroxyl groups is 1. The van der Waals surface area contributed by atoms with Crippen molar-refractivity contribution in [1.82, 2.24) is 9.13 Å². The predicted octanol–water partition coefficient (Wildman–Crippen LogP) is 2.17. The summed E-state index contributed by atoms with van der Waals surface area (Å²) in [6.07, 6.45) is 0. The van der Waals surface area contributed by atoms with E-state index < -0.39 is 11.2 Å². The Morgan fingerprint density at radius 3 is 2.40 bits per heavy atom. The number of phenolic OH excluding ortho intramolecular Hbond substituents is 1. The van der Waals surface area contributed by atoms with Crippen LogP contribution in [0.2, 0.25) is 0 Å². The number of methoxy groups -OCH3 is 2. The van der Waals surface area contributed by atoms with Crippen LogP contribution >= 0.6 is 0 Å². The third-order valence-corrected chi connectivity index (χ3v) is 4.94. The SMILES string of the molecule is COc1ccc(Cn2c(=O)c(C)c(-c3ccc(O)cc3C#N)n(C)c2=O)cc1OC. The number of ether oxygens (including phenoxy) is 2. The summed E-state index contributed by atoms with van der Waals surface area (Å²) < 4.78 is 13.0. The zero-order chi connectivity index (χ0) is 22.0. The Balaban J connectivity index is 2.17. The first-order valence-corrected chi connectivity index (χ1v) is 9.07.